The Morgan fingerprint density at radius 1 is 1.06 bits per heavy atom. The van der Waals surface area contributed by atoms with E-state index in [4.69, 9.17) is 0 Å². The Labute approximate surface area is 120 Å². The van der Waals surface area contributed by atoms with Crippen LogP contribution in [0.1, 0.15) is 10.4 Å². The van der Waals surface area contributed by atoms with Crippen LogP contribution in [0, 0.1) is 3.57 Å². The smallest absolute Gasteiger partial charge is 0.255 e. The summed E-state index contributed by atoms with van der Waals surface area (Å²) in [6.07, 6.45) is 0. The van der Waals surface area contributed by atoms with Crippen molar-refractivity contribution in [2.24, 2.45) is 0 Å². The van der Waals surface area contributed by atoms with Crippen LogP contribution in [0.25, 0.3) is 0 Å². The summed E-state index contributed by atoms with van der Waals surface area (Å²) >= 11 is 2.22. The number of amides is 1. The molecule has 0 aromatic heterocycles. The fourth-order valence-corrected chi connectivity index (χ4v) is 2.27. The van der Waals surface area contributed by atoms with E-state index in [2.05, 4.69) is 33.2 Å². The molecule has 2 rings (SSSR count). The van der Waals surface area contributed by atoms with E-state index in [-0.39, 0.29) is 5.91 Å². The van der Waals surface area contributed by atoms with Gasteiger partial charge < -0.3 is 10.6 Å². The molecule has 0 aliphatic carbocycles. The zero-order valence-corrected chi connectivity index (χ0v) is 12.1. The zero-order valence-electron chi connectivity index (χ0n) is 9.91. The van der Waals surface area contributed by atoms with Crippen LogP contribution in [-0.2, 0) is 0 Å². The van der Waals surface area contributed by atoms with Crippen LogP contribution in [0.2, 0.25) is 0 Å². The summed E-state index contributed by atoms with van der Waals surface area (Å²) in [5.74, 6) is -0.0975. The van der Waals surface area contributed by atoms with Crippen molar-refractivity contribution < 1.29 is 4.79 Å². The first-order valence-corrected chi connectivity index (χ1v) is 6.61. The lowest BCUT2D eigenvalue weighted by Crippen LogP contribution is -2.11. The van der Waals surface area contributed by atoms with E-state index in [0.717, 1.165) is 14.9 Å². The molecule has 0 aliphatic rings. The number of carbonyl (C=O) groups is 1. The van der Waals surface area contributed by atoms with Gasteiger partial charge in [0.05, 0.1) is 0 Å². The summed E-state index contributed by atoms with van der Waals surface area (Å²) in [6.45, 7) is 0. The van der Waals surface area contributed by atoms with Crippen molar-refractivity contribution in [3.05, 3.63) is 57.7 Å². The Bertz CT molecular complexity index is 555. The van der Waals surface area contributed by atoms with Crippen LogP contribution >= 0.6 is 22.6 Å². The predicted octanol–water partition coefficient (Wildman–Crippen LogP) is 3.59. The lowest BCUT2D eigenvalue weighted by atomic mass is 10.2. The molecular formula is C14H13IN2O. The summed E-state index contributed by atoms with van der Waals surface area (Å²) in [5.41, 5.74) is 2.42. The number of rotatable bonds is 3. The molecule has 2 aromatic carbocycles. The first kappa shape index (κ1) is 12.9. The van der Waals surface area contributed by atoms with Crippen molar-refractivity contribution in [1.29, 1.82) is 0 Å². The molecule has 1 amide bonds. The van der Waals surface area contributed by atoms with Gasteiger partial charge in [-0.05, 0) is 52.9 Å². The maximum Gasteiger partial charge on any atom is 0.255 e. The van der Waals surface area contributed by atoms with Gasteiger partial charge in [0.15, 0.2) is 0 Å². The fraction of sp³-hybridized carbons (Fsp3) is 0.0714. The fourth-order valence-electron chi connectivity index (χ4n) is 1.60. The minimum absolute atomic E-state index is 0.0975. The van der Waals surface area contributed by atoms with E-state index in [1.165, 1.54) is 0 Å². The summed E-state index contributed by atoms with van der Waals surface area (Å²) in [4.78, 5) is 12.0. The van der Waals surface area contributed by atoms with E-state index in [1.54, 1.807) is 12.1 Å². The molecule has 2 N–H and O–H groups in total. The number of benzene rings is 2. The van der Waals surface area contributed by atoms with E-state index in [0.29, 0.717) is 5.56 Å². The third kappa shape index (κ3) is 3.22. The van der Waals surface area contributed by atoms with E-state index in [9.17, 15) is 4.79 Å². The minimum Gasteiger partial charge on any atom is -0.388 e. The first-order chi connectivity index (χ1) is 8.69. The number of hydrogen-bond acceptors (Lipinski definition) is 2. The van der Waals surface area contributed by atoms with Crippen LogP contribution in [-0.4, -0.2) is 13.0 Å². The number of nitrogens with one attached hydrogen (secondary N) is 2. The van der Waals surface area contributed by atoms with Gasteiger partial charge in [-0.1, -0.05) is 18.2 Å². The standard InChI is InChI=1S/C14H13IN2O/c1-16-12-7-11(15)8-13(9-12)17-14(18)10-5-3-2-4-6-10/h2-9,16H,1H3,(H,17,18). The lowest BCUT2D eigenvalue weighted by molar-refractivity contribution is 0.102. The van der Waals surface area contributed by atoms with Crippen LogP contribution < -0.4 is 10.6 Å². The molecule has 0 bridgehead atoms. The zero-order chi connectivity index (χ0) is 13.0. The molecule has 0 saturated carbocycles. The van der Waals surface area contributed by atoms with Gasteiger partial charge in [-0.3, -0.25) is 4.79 Å². The van der Waals surface area contributed by atoms with E-state index >= 15 is 0 Å². The topological polar surface area (TPSA) is 41.1 Å². The summed E-state index contributed by atoms with van der Waals surface area (Å²) < 4.78 is 1.07. The number of hydrogen-bond donors (Lipinski definition) is 2. The molecule has 18 heavy (non-hydrogen) atoms. The average molecular weight is 352 g/mol. The van der Waals surface area contributed by atoms with Gasteiger partial charge in [0, 0.05) is 27.6 Å². The molecule has 92 valence electrons. The third-order valence-corrected chi connectivity index (χ3v) is 3.10. The monoisotopic (exact) mass is 352 g/mol. The molecule has 2 aromatic rings. The highest BCUT2D eigenvalue weighted by atomic mass is 127. The third-order valence-electron chi connectivity index (χ3n) is 2.48. The molecule has 0 saturated heterocycles. The van der Waals surface area contributed by atoms with Gasteiger partial charge in [-0.2, -0.15) is 0 Å². The Morgan fingerprint density at radius 3 is 2.39 bits per heavy atom. The molecule has 3 nitrogen and oxygen atoms in total. The van der Waals surface area contributed by atoms with Crippen molar-refractivity contribution >= 4 is 39.9 Å². The van der Waals surface area contributed by atoms with Gasteiger partial charge in [0.25, 0.3) is 5.91 Å². The second-order valence-corrected chi connectivity index (χ2v) is 5.04. The minimum atomic E-state index is -0.0975. The number of anilines is 2. The van der Waals surface area contributed by atoms with Crippen molar-refractivity contribution in [2.75, 3.05) is 17.7 Å². The molecule has 0 atom stereocenters. The number of carbonyl (C=O) groups excluding carboxylic acids is 1. The normalized spacial score (nSPS) is 9.89. The average Bonchev–Trinajstić information content (AvgIpc) is 2.39. The summed E-state index contributed by atoms with van der Waals surface area (Å²) in [5, 5.41) is 5.96. The molecule has 0 heterocycles. The predicted molar refractivity (Wildman–Crippen MR) is 83.1 cm³/mol. The molecule has 0 unspecified atom stereocenters. The van der Waals surface area contributed by atoms with Crippen LogP contribution in [0.4, 0.5) is 11.4 Å². The maximum atomic E-state index is 12.0. The molecule has 0 fully saturated rings. The number of halogens is 1. The van der Waals surface area contributed by atoms with Crippen molar-refractivity contribution in [3.8, 4) is 0 Å². The highest BCUT2D eigenvalue weighted by molar-refractivity contribution is 14.1. The Kier molecular flexibility index (Phi) is 4.19. The SMILES string of the molecule is CNc1cc(I)cc(NC(=O)c2ccccc2)c1. The van der Waals surface area contributed by atoms with E-state index < -0.39 is 0 Å². The molecule has 4 heteroatoms. The molecule has 0 spiro atoms. The van der Waals surface area contributed by atoms with Crippen molar-refractivity contribution in [1.82, 2.24) is 0 Å². The first-order valence-electron chi connectivity index (χ1n) is 5.54. The van der Waals surface area contributed by atoms with Gasteiger partial charge in [0.2, 0.25) is 0 Å². The molecular weight excluding hydrogens is 339 g/mol. The van der Waals surface area contributed by atoms with Crippen LogP contribution in [0.5, 0.6) is 0 Å². The van der Waals surface area contributed by atoms with Gasteiger partial charge in [0.1, 0.15) is 0 Å². The van der Waals surface area contributed by atoms with Crippen molar-refractivity contribution in [3.63, 3.8) is 0 Å². The van der Waals surface area contributed by atoms with Gasteiger partial charge in [-0.25, -0.2) is 0 Å². The van der Waals surface area contributed by atoms with Crippen LogP contribution in [0.3, 0.4) is 0 Å². The maximum absolute atomic E-state index is 12.0. The highest BCUT2D eigenvalue weighted by Crippen LogP contribution is 2.20. The second-order valence-electron chi connectivity index (χ2n) is 3.80. The van der Waals surface area contributed by atoms with Crippen molar-refractivity contribution in [2.45, 2.75) is 0 Å². The van der Waals surface area contributed by atoms with Gasteiger partial charge in [-0.15, -0.1) is 0 Å². The largest absolute Gasteiger partial charge is 0.388 e. The second kappa shape index (κ2) is 5.86. The molecule has 0 aliphatic heterocycles. The lowest BCUT2D eigenvalue weighted by Gasteiger charge is -2.08. The Balaban J connectivity index is 2.19. The Morgan fingerprint density at radius 2 is 1.72 bits per heavy atom. The highest BCUT2D eigenvalue weighted by Gasteiger charge is 2.06. The van der Waals surface area contributed by atoms with E-state index in [1.807, 2.05) is 43.4 Å². The quantitative estimate of drug-likeness (QED) is 0.829. The summed E-state index contributed by atoms with van der Waals surface area (Å²) in [7, 11) is 1.86. The van der Waals surface area contributed by atoms with Crippen LogP contribution in [0.15, 0.2) is 48.5 Å². The Hall–Kier alpha value is -1.56. The summed E-state index contributed by atoms with van der Waals surface area (Å²) in [6, 6.07) is 15.0. The van der Waals surface area contributed by atoms with Gasteiger partial charge >= 0.3 is 0 Å². The molecule has 0 radical (unpaired) electrons.